The van der Waals surface area contributed by atoms with Crippen molar-refractivity contribution >= 4 is 0 Å². The van der Waals surface area contributed by atoms with E-state index in [9.17, 15) is 0 Å². The normalized spacial score (nSPS) is 17.1. The summed E-state index contributed by atoms with van der Waals surface area (Å²) < 4.78 is 0. The Labute approximate surface area is 112 Å². The summed E-state index contributed by atoms with van der Waals surface area (Å²) in [6.07, 6.45) is 6.79. The Morgan fingerprint density at radius 2 is 1.83 bits per heavy atom. The van der Waals surface area contributed by atoms with E-state index in [1.165, 1.54) is 37.7 Å². The van der Waals surface area contributed by atoms with Gasteiger partial charge in [-0.1, -0.05) is 57.0 Å². The molecule has 0 spiro atoms. The van der Waals surface area contributed by atoms with Gasteiger partial charge >= 0.3 is 0 Å². The van der Waals surface area contributed by atoms with Crippen LogP contribution in [0.25, 0.3) is 0 Å². The third-order valence-electron chi connectivity index (χ3n) is 3.84. The maximum atomic E-state index is 3.69. The van der Waals surface area contributed by atoms with Crippen LogP contribution < -0.4 is 5.32 Å². The number of hydrogen-bond acceptors (Lipinski definition) is 1. The van der Waals surface area contributed by atoms with E-state index in [0.29, 0.717) is 5.92 Å². The number of nitrogens with one attached hydrogen (secondary N) is 1. The molecule has 1 aromatic carbocycles. The maximum Gasteiger partial charge on any atom is 0.00684 e. The Bertz CT molecular complexity index is 327. The van der Waals surface area contributed by atoms with Crippen molar-refractivity contribution in [1.82, 2.24) is 5.32 Å². The predicted octanol–water partition coefficient (Wildman–Crippen LogP) is 4.35. The first kappa shape index (κ1) is 13.6. The highest BCUT2D eigenvalue weighted by molar-refractivity contribution is 5.20. The van der Waals surface area contributed by atoms with Crippen LogP contribution >= 0.6 is 0 Å². The van der Waals surface area contributed by atoms with Gasteiger partial charge in [-0.15, -0.1) is 0 Å². The summed E-state index contributed by atoms with van der Waals surface area (Å²) in [5.74, 6) is 1.53. The second-order valence-electron chi connectivity index (χ2n) is 6.11. The summed E-state index contributed by atoms with van der Waals surface area (Å²) in [5, 5.41) is 3.69. The minimum absolute atomic E-state index is 0.700. The quantitative estimate of drug-likeness (QED) is 0.718. The van der Waals surface area contributed by atoms with E-state index in [1.54, 1.807) is 0 Å². The summed E-state index contributed by atoms with van der Waals surface area (Å²) >= 11 is 0. The fourth-order valence-corrected chi connectivity index (χ4v) is 2.48. The summed E-state index contributed by atoms with van der Waals surface area (Å²) in [4.78, 5) is 0. The zero-order chi connectivity index (χ0) is 12.8. The SMILES string of the molecule is CC(C)CCCC(CNC1CC1)c1ccccc1. The molecule has 1 N–H and O–H groups in total. The maximum absolute atomic E-state index is 3.69. The Hall–Kier alpha value is -0.820. The van der Waals surface area contributed by atoms with Crippen LogP contribution in [0, 0.1) is 5.92 Å². The predicted molar refractivity (Wildman–Crippen MR) is 78.9 cm³/mol. The van der Waals surface area contributed by atoms with Gasteiger partial charge in [0.2, 0.25) is 0 Å². The molecule has 1 aliphatic rings. The van der Waals surface area contributed by atoms with Gasteiger partial charge in [-0.05, 0) is 36.7 Å². The molecule has 0 radical (unpaired) electrons. The molecule has 1 nitrogen and oxygen atoms in total. The van der Waals surface area contributed by atoms with Crippen LogP contribution in [0.5, 0.6) is 0 Å². The number of hydrogen-bond donors (Lipinski definition) is 1. The molecule has 100 valence electrons. The van der Waals surface area contributed by atoms with Gasteiger partial charge in [0.05, 0.1) is 0 Å². The lowest BCUT2D eigenvalue weighted by Gasteiger charge is -2.18. The highest BCUT2D eigenvalue weighted by Gasteiger charge is 2.22. The minimum atomic E-state index is 0.700. The molecule has 1 heteroatoms. The molecule has 1 fully saturated rings. The van der Waals surface area contributed by atoms with E-state index < -0.39 is 0 Å². The van der Waals surface area contributed by atoms with Crippen molar-refractivity contribution in [3.8, 4) is 0 Å². The molecule has 0 amide bonds. The summed E-state index contributed by atoms with van der Waals surface area (Å²) in [5.41, 5.74) is 1.51. The Morgan fingerprint density at radius 1 is 1.11 bits per heavy atom. The van der Waals surface area contributed by atoms with E-state index in [1.807, 2.05) is 0 Å². The van der Waals surface area contributed by atoms with Gasteiger partial charge in [0.25, 0.3) is 0 Å². The molecular formula is C17H27N. The Morgan fingerprint density at radius 3 is 2.44 bits per heavy atom. The number of benzene rings is 1. The van der Waals surface area contributed by atoms with E-state index >= 15 is 0 Å². The first-order valence-electron chi connectivity index (χ1n) is 7.54. The molecule has 1 atom stereocenters. The Balaban J connectivity index is 1.84. The number of rotatable bonds is 8. The van der Waals surface area contributed by atoms with Crippen molar-refractivity contribution in [2.45, 2.75) is 57.9 Å². The lowest BCUT2D eigenvalue weighted by Crippen LogP contribution is -2.23. The van der Waals surface area contributed by atoms with Gasteiger partial charge in [-0.3, -0.25) is 0 Å². The van der Waals surface area contributed by atoms with Gasteiger partial charge in [0, 0.05) is 12.6 Å². The molecular weight excluding hydrogens is 218 g/mol. The second kappa shape index (κ2) is 6.94. The zero-order valence-electron chi connectivity index (χ0n) is 11.9. The summed E-state index contributed by atoms with van der Waals surface area (Å²) in [6, 6.07) is 11.8. The molecule has 0 aliphatic heterocycles. The molecule has 18 heavy (non-hydrogen) atoms. The fourth-order valence-electron chi connectivity index (χ4n) is 2.48. The van der Waals surface area contributed by atoms with Crippen LogP contribution in [0.3, 0.4) is 0 Å². The fraction of sp³-hybridized carbons (Fsp3) is 0.647. The van der Waals surface area contributed by atoms with Gasteiger partial charge in [-0.25, -0.2) is 0 Å². The van der Waals surface area contributed by atoms with E-state index in [0.717, 1.165) is 18.5 Å². The van der Waals surface area contributed by atoms with Crippen LogP contribution in [0.2, 0.25) is 0 Å². The van der Waals surface area contributed by atoms with Gasteiger partial charge in [0.1, 0.15) is 0 Å². The first-order chi connectivity index (χ1) is 8.75. The molecule has 0 bridgehead atoms. The standard InChI is InChI=1S/C17H27N/c1-14(2)7-6-10-16(13-18-17-11-12-17)15-8-4-3-5-9-15/h3-5,8-9,14,16-18H,6-7,10-13H2,1-2H3. The average molecular weight is 245 g/mol. The lowest BCUT2D eigenvalue weighted by molar-refractivity contribution is 0.479. The molecule has 1 aliphatic carbocycles. The monoisotopic (exact) mass is 245 g/mol. The lowest BCUT2D eigenvalue weighted by atomic mass is 9.92. The second-order valence-corrected chi connectivity index (χ2v) is 6.11. The van der Waals surface area contributed by atoms with E-state index in [2.05, 4.69) is 49.5 Å². The van der Waals surface area contributed by atoms with Crippen molar-refractivity contribution in [2.24, 2.45) is 5.92 Å². The molecule has 1 saturated carbocycles. The van der Waals surface area contributed by atoms with Crippen molar-refractivity contribution in [2.75, 3.05) is 6.54 Å². The highest BCUT2D eigenvalue weighted by Crippen LogP contribution is 2.25. The molecule has 2 rings (SSSR count). The third kappa shape index (κ3) is 4.81. The third-order valence-corrected chi connectivity index (χ3v) is 3.84. The first-order valence-corrected chi connectivity index (χ1v) is 7.54. The van der Waals surface area contributed by atoms with Crippen LogP contribution in [-0.4, -0.2) is 12.6 Å². The summed E-state index contributed by atoms with van der Waals surface area (Å²) in [6.45, 7) is 5.80. The largest absolute Gasteiger partial charge is 0.313 e. The van der Waals surface area contributed by atoms with E-state index in [-0.39, 0.29) is 0 Å². The van der Waals surface area contributed by atoms with Gasteiger partial charge in [-0.2, -0.15) is 0 Å². The van der Waals surface area contributed by atoms with Crippen molar-refractivity contribution in [3.05, 3.63) is 35.9 Å². The van der Waals surface area contributed by atoms with Crippen LogP contribution in [-0.2, 0) is 0 Å². The van der Waals surface area contributed by atoms with Gasteiger partial charge in [0.15, 0.2) is 0 Å². The van der Waals surface area contributed by atoms with E-state index in [4.69, 9.17) is 0 Å². The zero-order valence-corrected chi connectivity index (χ0v) is 11.9. The summed E-state index contributed by atoms with van der Waals surface area (Å²) in [7, 11) is 0. The minimum Gasteiger partial charge on any atom is -0.313 e. The molecule has 1 unspecified atom stereocenters. The highest BCUT2D eigenvalue weighted by atomic mass is 14.9. The van der Waals surface area contributed by atoms with Crippen molar-refractivity contribution in [1.29, 1.82) is 0 Å². The average Bonchev–Trinajstić information content (AvgIpc) is 3.18. The van der Waals surface area contributed by atoms with Crippen LogP contribution in [0.1, 0.15) is 57.4 Å². The van der Waals surface area contributed by atoms with Crippen molar-refractivity contribution in [3.63, 3.8) is 0 Å². The smallest absolute Gasteiger partial charge is 0.00684 e. The van der Waals surface area contributed by atoms with Crippen LogP contribution in [0.15, 0.2) is 30.3 Å². The topological polar surface area (TPSA) is 12.0 Å². The molecule has 1 aromatic rings. The molecule has 0 heterocycles. The Kier molecular flexibility index (Phi) is 5.25. The van der Waals surface area contributed by atoms with Gasteiger partial charge < -0.3 is 5.32 Å². The molecule has 0 aromatic heterocycles. The van der Waals surface area contributed by atoms with Crippen LogP contribution in [0.4, 0.5) is 0 Å². The molecule has 0 saturated heterocycles. The van der Waals surface area contributed by atoms with Crippen molar-refractivity contribution < 1.29 is 0 Å².